The molecular formula is C14H14ClNO2. The van der Waals surface area contributed by atoms with Crippen LogP contribution in [0, 0.1) is 6.92 Å². The van der Waals surface area contributed by atoms with E-state index >= 15 is 0 Å². The molecule has 3 nitrogen and oxygen atoms in total. The van der Waals surface area contributed by atoms with Crippen molar-refractivity contribution < 1.29 is 9.47 Å². The van der Waals surface area contributed by atoms with E-state index in [2.05, 4.69) is 0 Å². The molecule has 0 aliphatic heterocycles. The first-order valence-electron chi connectivity index (χ1n) is 5.47. The highest BCUT2D eigenvalue weighted by atomic mass is 35.5. The van der Waals surface area contributed by atoms with Crippen molar-refractivity contribution in [3.63, 3.8) is 0 Å². The van der Waals surface area contributed by atoms with E-state index in [9.17, 15) is 0 Å². The summed E-state index contributed by atoms with van der Waals surface area (Å²) in [6, 6.07) is 10.8. The third-order valence-electron chi connectivity index (χ3n) is 2.52. The fourth-order valence-corrected chi connectivity index (χ4v) is 1.71. The van der Waals surface area contributed by atoms with E-state index < -0.39 is 0 Å². The molecule has 94 valence electrons. The van der Waals surface area contributed by atoms with E-state index in [0.29, 0.717) is 28.0 Å². The van der Waals surface area contributed by atoms with Crippen LogP contribution in [-0.2, 0) is 0 Å². The molecule has 0 aliphatic carbocycles. The number of aryl methyl sites for hydroxylation is 1. The Balaban J connectivity index is 2.31. The highest BCUT2D eigenvalue weighted by molar-refractivity contribution is 6.32. The maximum absolute atomic E-state index is 6.07. The summed E-state index contributed by atoms with van der Waals surface area (Å²) in [4.78, 5) is 0. The topological polar surface area (TPSA) is 44.5 Å². The molecule has 0 saturated heterocycles. The van der Waals surface area contributed by atoms with Crippen LogP contribution in [-0.4, -0.2) is 7.11 Å². The fourth-order valence-electron chi connectivity index (χ4n) is 1.55. The lowest BCUT2D eigenvalue weighted by molar-refractivity contribution is 0.413. The monoisotopic (exact) mass is 263 g/mol. The summed E-state index contributed by atoms with van der Waals surface area (Å²) in [6.07, 6.45) is 0. The van der Waals surface area contributed by atoms with Gasteiger partial charge >= 0.3 is 0 Å². The van der Waals surface area contributed by atoms with Crippen LogP contribution in [0.1, 0.15) is 5.56 Å². The maximum atomic E-state index is 6.07. The molecule has 0 aliphatic rings. The highest BCUT2D eigenvalue weighted by Gasteiger charge is 2.07. The van der Waals surface area contributed by atoms with Crippen LogP contribution in [0.5, 0.6) is 17.2 Å². The second kappa shape index (κ2) is 5.19. The minimum Gasteiger partial charge on any atom is -0.497 e. The molecular weight excluding hydrogens is 250 g/mol. The van der Waals surface area contributed by atoms with Crippen molar-refractivity contribution in [3.05, 3.63) is 47.0 Å². The van der Waals surface area contributed by atoms with Crippen LogP contribution < -0.4 is 15.2 Å². The molecule has 0 heterocycles. The van der Waals surface area contributed by atoms with Gasteiger partial charge in [0, 0.05) is 6.07 Å². The lowest BCUT2D eigenvalue weighted by Crippen LogP contribution is -1.94. The van der Waals surface area contributed by atoms with Gasteiger partial charge in [0.05, 0.1) is 17.8 Å². The second-order valence-electron chi connectivity index (χ2n) is 3.94. The lowest BCUT2D eigenvalue weighted by Gasteiger charge is -2.11. The first-order valence-corrected chi connectivity index (χ1v) is 5.85. The number of rotatable bonds is 3. The van der Waals surface area contributed by atoms with Crippen LogP contribution in [0.4, 0.5) is 5.69 Å². The van der Waals surface area contributed by atoms with Crippen LogP contribution in [0.3, 0.4) is 0 Å². The third kappa shape index (κ3) is 2.68. The smallest absolute Gasteiger partial charge is 0.150 e. The Morgan fingerprint density at radius 3 is 2.50 bits per heavy atom. The zero-order valence-corrected chi connectivity index (χ0v) is 11.0. The highest BCUT2D eigenvalue weighted by Crippen LogP contribution is 2.34. The van der Waals surface area contributed by atoms with Crippen LogP contribution in [0.25, 0.3) is 0 Å². The summed E-state index contributed by atoms with van der Waals surface area (Å²) in [5, 5.41) is 0.552. The maximum Gasteiger partial charge on any atom is 0.150 e. The minimum atomic E-state index is 0.506. The average Bonchev–Trinajstić information content (AvgIpc) is 2.36. The molecule has 2 aromatic carbocycles. The van der Waals surface area contributed by atoms with Gasteiger partial charge in [0.2, 0.25) is 0 Å². The summed E-state index contributed by atoms with van der Waals surface area (Å²) in [5.41, 5.74) is 7.46. The molecule has 0 spiro atoms. The number of methoxy groups -OCH3 is 1. The summed E-state index contributed by atoms with van der Waals surface area (Å²) in [6.45, 7) is 1.97. The predicted octanol–water partition coefficient (Wildman–Crippen LogP) is 4.03. The first-order chi connectivity index (χ1) is 8.60. The SMILES string of the molecule is COc1ccc(Oc2cc(C)ccc2Cl)c(N)c1. The minimum absolute atomic E-state index is 0.506. The molecule has 4 heteroatoms. The number of benzene rings is 2. The Bertz CT molecular complexity index is 570. The largest absolute Gasteiger partial charge is 0.497 e. The molecule has 2 N–H and O–H groups in total. The molecule has 0 fully saturated rings. The van der Waals surface area contributed by atoms with Gasteiger partial charge in [-0.15, -0.1) is 0 Å². The predicted molar refractivity (Wildman–Crippen MR) is 73.7 cm³/mol. The van der Waals surface area contributed by atoms with Crippen molar-refractivity contribution in [2.45, 2.75) is 6.92 Å². The number of nitrogen functional groups attached to an aromatic ring is 1. The van der Waals surface area contributed by atoms with Gasteiger partial charge in [0.15, 0.2) is 5.75 Å². The van der Waals surface area contributed by atoms with Gasteiger partial charge in [-0.25, -0.2) is 0 Å². The van der Waals surface area contributed by atoms with Crippen molar-refractivity contribution in [3.8, 4) is 17.2 Å². The van der Waals surface area contributed by atoms with E-state index in [-0.39, 0.29) is 0 Å². The van der Waals surface area contributed by atoms with Gasteiger partial charge in [-0.3, -0.25) is 0 Å². The Labute approximate surface area is 111 Å². The zero-order valence-electron chi connectivity index (χ0n) is 10.2. The fraction of sp³-hybridized carbons (Fsp3) is 0.143. The molecule has 0 bridgehead atoms. The molecule has 2 rings (SSSR count). The number of halogens is 1. The van der Waals surface area contributed by atoms with E-state index in [0.717, 1.165) is 5.56 Å². The molecule has 0 unspecified atom stereocenters. The standard InChI is InChI=1S/C14H14ClNO2/c1-9-3-5-11(15)14(7-9)18-13-6-4-10(17-2)8-12(13)16/h3-8H,16H2,1-2H3. The van der Waals surface area contributed by atoms with Crippen molar-refractivity contribution in [1.29, 1.82) is 0 Å². The van der Waals surface area contributed by atoms with Crippen LogP contribution in [0.2, 0.25) is 5.02 Å². The van der Waals surface area contributed by atoms with Crippen molar-refractivity contribution in [1.82, 2.24) is 0 Å². The quantitative estimate of drug-likeness (QED) is 0.851. The first kappa shape index (κ1) is 12.6. The summed E-state index contributed by atoms with van der Waals surface area (Å²) < 4.78 is 10.8. The molecule has 0 atom stereocenters. The van der Waals surface area contributed by atoms with Gasteiger partial charge in [-0.05, 0) is 36.8 Å². The number of anilines is 1. The van der Waals surface area contributed by atoms with Crippen molar-refractivity contribution in [2.75, 3.05) is 12.8 Å². The molecule has 2 aromatic rings. The molecule has 0 aromatic heterocycles. The third-order valence-corrected chi connectivity index (χ3v) is 2.84. The molecule has 18 heavy (non-hydrogen) atoms. The molecule has 0 saturated carbocycles. The Morgan fingerprint density at radius 1 is 1.06 bits per heavy atom. The number of hydrogen-bond donors (Lipinski definition) is 1. The Hall–Kier alpha value is -1.87. The van der Waals surface area contributed by atoms with Gasteiger partial charge in [-0.1, -0.05) is 17.7 Å². The number of hydrogen-bond acceptors (Lipinski definition) is 3. The number of nitrogens with two attached hydrogens (primary N) is 1. The summed E-state index contributed by atoms with van der Waals surface area (Å²) >= 11 is 6.07. The lowest BCUT2D eigenvalue weighted by atomic mass is 10.2. The number of ether oxygens (including phenoxy) is 2. The summed E-state index contributed by atoms with van der Waals surface area (Å²) in [7, 11) is 1.59. The molecule has 0 amide bonds. The van der Waals surface area contributed by atoms with Gasteiger partial charge < -0.3 is 15.2 Å². The van der Waals surface area contributed by atoms with E-state index in [4.69, 9.17) is 26.8 Å². The normalized spacial score (nSPS) is 10.2. The van der Waals surface area contributed by atoms with E-state index in [1.807, 2.05) is 19.1 Å². The van der Waals surface area contributed by atoms with E-state index in [1.54, 1.807) is 31.4 Å². The zero-order chi connectivity index (χ0) is 13.1. The second-order valence-corrected chi connectivity index (χ2v) is 4.35. The van der Waals surface area contributed by atoms with Gasteiger partial charge in [0.25, 0.3) is 0 Å². The van der Waals surface area contributed by atoms with Crippen LogP contribution in [0.15, 0.2) is 36.4 Å². The van der Waals surface area contributed by atoms with Crippen LogP contribution >= 0.6 is 11.6 Å². The Kier molecular flexibility index (Phi) is 3.63. The van der Waals surface area contributed by atoms with Crippen molar-refractivity contribution >= 4 is 17.3 Å². The van der Waals surface area contributed by atoms with E-state index in [1.165, 1.54) is 0 Å². The molecule has 0 radical (unpaired) electrons. The Morgan fingerprint density at radius 2 is 1.83 bits per heavy atom. The van der Waals surface area contributed by atoms with Gasteiger partial charge in [-0.2, -0.15) is 0 Å². The summed E-state index contributed by atoms with van der Waals surface area (Å²) in [5.74, 6) is 1.84. The average molecular weight is 264 g/mol. The van der Waals surface area contributed by atoms with Gasteiger partial charge in [0.1, 0.15) is 11.5 Å². The van der Waals surface area contributed by atoms with Crippen molar-refractivity contribution in [2.24, 2.45) is 0 Å².